The number of anilines is 1. The third-order valence-corrected chi connectivity index (χ3v) is 3.29. The van der Waals surface area contributed by atoms with Crippen LogP contribution in [-0.4, -0.2) is 34.6 Å². The van der Waals surface area contributed by atoms with Crippen LogP contribution in [0.5, 0.6) is 0 Å². The molecule has 1 N–H and O–H groups in total. The second kappa shape index (κ2) is 5.38. The summed E-state index contributed by atoms with van der Waals surface area (Å²) in [5.74, 6) is 0.738. The van der Waals surface area contributed by atoms with Gasteiger partial charge in [0.1, 0.15) is 5.82 Å². The summed E-state index contributed by atoms with van der Waals surface area (Å²) < 4.78 is 5.16. The molecule has 0 radical (unpaired) electrons. The molecule has 104 valence electrons. The normalized spacial score (nSPS) is 18.1. The Morgan fingerprint density at radius 2 is 2.40 bits per heavy atom. The predicted molar refractivity (Wildman–Crippen MR) is 71.2 cm³/mol. The predicted octanol–water partition coefficient (Wildman–Crippen LogP) is 1.17. The second-order valence-electron chi connectivity index (χ2n) is 4.66. The molecule has 3 heterocycles. The van der Waals surface area contributed by atoms with Crippen LogP contribution >= 0.6 is 0 Å². The number of hydrogen-bond donors (Lipinski definition) is 1. The number of pyridine rings is 1. The van der Waals surface area contributed by atoms with Crippen molar-refractivity contribution in [3.05, 3.63) is 36.1 Å². The lowest BCUT2D eigenvalue weighted by molar-refractivity contribution is 0.0979. The van der Waals surface area contributed by atoms with E-state index in [1.807, 2.05) is 6.07 Å². The molecule has 1 saturated heterocycles. The summed E-state index contributed by atoms with van der Waals surface area (Å²) in [5, 5.41) is 7.01. The lowest BCUT2D eigenvalue weighted by Crippen LogP contribution is -2.28. The van der Waals surface area contributed by atoms with E-state index < -0.39 is 0 Å². The van der Waals surface area contributed by atoms with E-state index in [0.29, 0.717) is 11.7 Å². The topological polar surface area (TPSA) is 84.2 Å². The fourth-order valence-electron chi connectivity index (χ4n) is 2.17. The van der Waals surface area contributed by atoms with Crippen molar-refractivity contribution in [2.75, 3.05) is 18.5 Å². The Morgan fingerprint density at radius 3 is 3.10 bits per heavy atom. The van der Waals surface area contributed by atoms with Crippen molar-refractivity contribution >= 4 is 11.7 Å². The molecule has 1 amide bonds. The quantitative estimate of drug-likeness (QED) is 0.903. The van der Waals surface area contributed by atoms with E-state index in [1.165, 1.54) is 4.90 Å². The number of carbonyl (C=O) groups is 1. The number of carbonyl (C=O) groups excluding carboxylic acids is 1. The summed E-state index contributed by atoms with van der Waals surface area (Å²) in [6.07, 6.45) is 3.65. The molecule has 0 aromatic carbocycles. The Hall–Kier alpha value is -2.28. The van der Waals surface area contributed by atoms with Gasteiger partial charge in [-0.1, -0.05) is 11.2 Å². The minimum Gasteiger partial charge on any atom is -0.337 e. The third-order valence-electron chi connectivity index (χ3n) is 3.29. The molecule has 7 nitrogen and oxygen atoms in total. The summed E-state index contributed by atoms with van der Waals surface area (Å²) in [6, 6.07) is 5.41. The molecule has 0 saturated carbocycles. The maximum Gasteiger partial charge on any atom is 0.300 e. The molecule has 7 heteroatoms. The van der Waals surface area contributed by atoms with Crippen molar-refractivity contribution in [3.8, 4) is 0 Å². The first-order valence-corrected chi connectivity index (χ1v) is 6.52. The van der Waals surface area contributed by atoms with Gasteiger partial charge in [0.25, 0.3) is 5.82 Å². The van der Waals surface area contributed by atoms with Crippen LogP contribution in [0.3, 0.4) is 0 Å². The summed E-state index contributed by atoms with van der Waals surface area (Å²) in [5.41, 5.74) is 0. The molecular formula is C13H15N5O2. The van der Waals surface area contributed by atoms with Crippen LogP contribution in [0.2, 0.25) is 0 Å². The monoisotopic (exact) mass is 273 g/mol. The number of aromatic nitrogens is 3. The van der Waals surface area contributed by atoms with Crippen molar-refractivity contribution in [1.82, 2.24) is 20.4 Å². The highest BCUT2D eigenvalue weighted by atomic mass is 16.5. The fourth-order valence-corrected chi connectivity index (χ4v) is 2.17. The Morgan fingerprint density at radius 1 is 1.50 bits per heavy atom. The van der Waals surface area contributed by atoms with Crippen LogP contribution in [0, 0.1) is 0 Å². The average molecular weight is 273 g/mol. The first kappa shape index (κ1) is 12.7. The highest BCUT2D eigenvalue weighted by Gasteiger charge is 2.26. The van der Waals surface area contributed by atoms with E-state index in [2.05, 4.69) is 20.4 Å². The van der Waals surface area contributed by atoms with Gasteiger partial charge in [-0.05, 0) is 31.5 Å². The van der Waals surface area contributed by atoms with Gasteiger partial charge >= 0.3 is 5.91 Å². The largest absolute Gasteiger partial charge is 0.337 e. The first-order chi connectivity index (χ1) is 9.75. The van der Waals surface area contributed by atoms with Gasteiger partial charge in [-0.15, -0.1) is 0 Å². The Labute approximate surface area is 116 Å². The van der Waals surface area contributed by atoms with E-state index in [9.17, 15) is 4.79 Å². The number of rotatable bonds is 3. The van der Waals surface area contributed by atoms with E-state index in [1.54, 1.807) is 25.4 Å². The van der Waals surface area contributed by atoms with Crippen LogP contribution < -0.4 is 10.2 Å². The molecular weight excluding hydrogens is 258 g/mol. The average Bonchev–Trinajstić information content (AvgIpc) is 3.17. The number of nitrogens with one attached hydrogen (secondary N) is 1. The molecule has 1 fully saturated rings. The molecule has 1 aliphatic heterocycles. The minimum absolute atomic E-state index is 0.0573. The van der Waals surface area contributed by atoms with Crippen molar-refractivity contribution < 1.29 is 9.32 Å². The van der Waals surface area contributed by atoms with Crippen molar-refractivity contribution in [1.29, 1.82) is 0 Å². The van der Waals surface area contributed by atoms with Gasteiger partial charge in [-0.2, -0.15) is 4.98 Å². The van der Waals surface area contributed by atoms with Crippen LogP contribution in [0.15, 0.2) is 28.9 Å². The fraction of sp³-hybridized carbons (Fsp3) is 0.385. The van der Waals surface area contributed by atoms with Gasteiger partial charge in [-0.3, -0.25) is 9.69 Å². The van der Waals surface area contributed by atoms with E-state index in [-0.39, 0.29) is 17.8 Å². The van der Waals surface area contributed by atoms with Crippen LogP contribution in [0.1, 0.15) is 35.4 Å². The van der Waals surface area contributed by atoms with Crippen molar-refractivity contribution in [2.45, 2.75) is 18.9 Å². The highest BCUT2D eigenvalue weighted by Crippen LogP contribution is 2.21. The lowest BCUT2D eigenvalue weighted by Gasteiger charge is -2.13. The molecule has 1 aliphatic rings. The summed E-state index contributed by atoms with van der Waals surface area (Å²) in [7, 11) is 1.63. The Balaban J connectivity index is 1.77. The molecule has 1 unspecified atom stereocenters. The molecule has 0 aliphatic carbocycles. The van der Waals surface area contributed by atoms with Gasteiger partial charge in [0.15, 0.2) is 0 Å². The van der Waals surface area contributed by atoms with Crippen molar-refractivity contribution in [3.63, 3.8) is 0 Å². The lowest BCUT2D eigenvalue weighted by atomic mass is 10.2. The summed E-state index contributed by atoms with van der Waals surface area (Å²) in [6.45, 7) is 0.935. The molecule has 1 atom stereocenters. The number of amides is 1. The second-order valence-corrected chi connectivity index (χ2v) is 4.66. The number of nitrogens with zero attached hydrogens (tertiary/aromatic N) is 4. The maximum atomic E-state index is 12.3. The summed E-state index contributed by atoms with van der Waals surface area (Å²) >= 11 is 0. The van der Waals surface area contributed by atoms with Crippen LogP contribution in [0.25, 0.3) is 0 Å². The zero-order chi connectivity index (χ0) is 13.9. The Bertz CT molecular complexity index is 592. The highest BCUT2D eigenvalue weighted by molar-refractivity contribution is 6.02. The van der Waals surface area contributed by atoms with Gasteiger partial charge in [-0.25, -0.2) is 4.98 Å². The van der Waals surface area contributed by atoms with Crippen LogP contribution in [0.4, 0.5) is 5.82 Å². The number of hydrogen-bond acceptors (Lipinski definition) is 6. The molecule has 0 bridgehead atoms. The smallest absolute Gasteiger partial charge is 0.300 e. The molecule has 0 spiro atoms. The molecule has 3 rings (SSSR count). The van der Waals surface area contributed by atoms with Gasteiger partial charge in [0, 0.05) is 13.2 Å². The maximum absolute atomic E-state index is 12.3. The zero-order valence-electron chi connectivity index (χ0n) is 11.1. The van der Waals surface area contributed by atoms with Gasteiger partial charge in [0.05, 0.1) is 6.04 Å². The molecule has 2 aromatic heterocycles. The standard InChI is InChI=1S/C13H15N5O2/c1-18(10-6-2-3-7-15-10)13(19)11-16-12(20-17-11)9-5-4-8-14-9/h2-3,6-7,9,14H,4-5,8H2,1H3. The Kier molecular flexibility index (Phi) is 3.42. The van der Waals surface area contributed by atoms with Gasteiger partial charge < -0.3 is 9.84 Å². The van der Waals surface area contributed by atoms with Gasteiger partial charge in [0.2, 0.25) is 5.89 Å². The van der Waals surface area contributed by atoms with E-state index in [4.69, 9.17) is 4.52 Å². The summed E-state index contributed by atoms with van der Waals surface area (Å²) in [4.78, 5) is 21.9. The first-order valence-electron chi connectivity index (χ1n) is 6.52. The minimum atomic E-state index is -0.336. The zero-order valence-corrected chi connectivity index (χ0v) is 11.1. The van der Waals surface area contributed by atoms with E-state index in [0.717, 1.165) is 19.4 Å². The van der Waals surface area contributed by atoms with Crippen LogP contribution in [-0.2, 0) is 0 Å². The molecule has 2 aromatic rings. The SMILES string of the molecule is CN(C(=O)c1noc(C2CCCN2)n1)c1ccccn1. The van der Waals surface area contributed by atoms with E-state index >= 15 is 0 Å². The third kappa shape index (κ3) is 2.39. The van der Waals surface area contributed by atoms with Crippen molar-refractivity contribution in [2.24, 2.45) is 0 Å². The molecule has 20 heavy (non-hydrogen) atoms.